The molecule has 0 saturated carbocycles. The zero-order valence-electron chi connectivity index (χ0n) is 21.2. The number of benzene rings is 1. The molecule has 1 fully saturated rings. The molecule has 0 unspecified atom stereocenters. The second-order valence-electron chi connectivity index (χ2n) is 10.1. The van der Waals surface area contributed by atoms with Gasteiger partial charge in [-0.2, -0.15) is 0 Å². The molecule has 1 aliphatic heterocycles. The van der Waals surface area contributed by atoms with Gasteiger partial charge in [0.1, 0.15) is 29.4 Å². The van der Waals surface area contributed by atoms with Crippen molar-refractivity contribution < 1.29 is 18.3 Å². The fourth-order valence-corrected chi connectivity index (χ4v) is 4.64. The first-order valence-electron chi connectivity index (χ1n) is 12.1. The lowest BCUT2D eigenvalue weighted by Crippen LogP contribution is -2.54. The summed E-state index contributed by atoms with van der Waals surface area (Å²) in [6, 6.07) is 7.03. The van der Waals surface area contributed by atoms with Gasteiger partial charge in [-0.25, -0.2) is 23.5 Å². The van der Waals surface area contributed by atoms with Gasteiger partial charge >= 0.3 is 6.09 Å². The lowest BCUT2D eigenvalue weighted by Gasteiger charge is -2.41. The largest absolute Gasteiger partial charge is 0.444 e. The molecule has 4 aromatic rings. The number of anilines is 1. The highest BCUT2D eigenvalue weighted by Gasteiger charge is 2.32. The Morgan fingerprint density at radius 1 is 1.11 bits per heavy atom. The van der Waals surface area contributed by atoms with E-state index in [1.807, 2.05) is 39.8 Å². The molecule has 5 rings (SSSR count). The zero-order chi connectivity index (χ0) is 26.3. The maximum absolute atomic E-state index is 14.1. The number of amides is 1. The maximum atomic E-state index is 14.1. The van der Waals surface area contributed by atoms with Crippen LogP contribution in [-0.4, -0.2) is 61.8 Å². The van der Waals surface area contributed by atoms with E-state index < -0.39 is 17.2 Å². The van der Waals surface area contributed by atoms with Gasteiger partial charge in [0.25, 0.3) is 0 Å². The van der Waals surface area contributed by atoms with Crippen LogP contribution in [0.25, 0.3) is 27.8 Å². The van der Waals surface area contributed by atoms with Gasteiger partial charge in [-0.05, 0) is 45.9 Å². The van der Waals surface area contributed by atoms with Crippen molar-refractivity contribution in [1.82, 2.24) is 24.4 Å². The SMILES string of the molecule is C[C@H]1CN(C(=O)OC(C)(C)C)CCN1c1ncnc2c1c(-c1cccnc1)cn2-c1cc(F)cc(F)c1. The number of carbonyl (C=O) groups is 1. The number of carbonyl (C=O) groups excluding carboxylic acids is 1. The summed E-state index contributed by atoms with van der Waals surface area (Å²) in [5.41, 5.74) is 1.85. The number of nitrogens with zero attached hydrogens (tertiary/aromatic N) is 6. The third kappa shape index (κ3) is 4.96. The highest BCUT2D eigenvalue weighted by Crippen LogP contribution is 2.37. The van der Waals surface area contributed by atoms with Gasteiger partial charge in [-0.15, -0.1) is 0 Å². The molecule has 1 atom stereocenters. The predicted octanol–water partition coefficient (Wildman–Crippen LogP) is 5.21. The van der Waals surface area contributed by atoms with Crippen LogP contribution < -0.4 is 4.90 Å². The van der Waals surface area contributed by atoms with Crippen LogP contribution in [-0.2, 0) is 4.74 Å². The Hall–Kier alpha value is -4.08. The minimum Gasteiger partial charge on any atom is -0.444 e. The average Bonchev–Trinajstić information content (AvgIpc) is 3.23. The van der Waals surface area contributed by atoms with Gasteiger partial charge < -0.3 is 19.1 Å². The first kappa shape index (κ1) is 24.6. The van der Waals surface area contributed by atoms with E-state index in [9.17, 15) is 13.6 Å². The molecule has 1 aliphatic rings. The summed E-state index contributed by atoms with van der Waals surface area (Å²) < 4.78 is 35.5. The van der Waals surface area contributed by atoms with Crippen LogP contribution in [0.2, 0.25) is 0 Å². The fraction of sp³-hybridized carbons (Fsp3) is 0.333. The summed E-state index contributed by atoms with van der Waals surface area (Å²) in [5.74, 6) is -0.683. The molecule has 0 radical (unpaired) electrons. The van der Waals surface area contributed by atoms with Crippen LogP contribution in [0.3, 0.4) is 0 Å². The monoisotopic (exact) mass is 506 g/mol. The van der Waals surface area contributed by atoms with Crippen molar-refractivity contribution in [2.75, 3.05) is 24.5 Å². The Balaban J connectivity index is 1.59. The van der Waals surface area contributed by atoms with E-state index in [2.05, 4.69) is 19.9 Å². The van der Waals surface area contributed by atoms with Crippen molar-refractivity contribution >= 4 is 22.9 Å². The first-order chi connectivity index (χ1) is 17.6. The molecule has 37 heavy (non-hydrogen) atoms. The Morgan fingerprint density at radius 3 is 2.51 bits per heavy atom. The Labute approximate surface area is 213 Å². The number of halogens is 2. The minimum atomic E-state index is -0.680. The number of pyridine rings is 1. The second kappa shape index (κ2) is 9.42. The minimum absolute atomic E-state index is 0.0731. The van der Waals surface area contributed by atoms with Crippen LogP contribution in [0.15, 0.2) is 55.2 Å². The van der Waals surface area contributed by atoms with E-state index >= 15 is 0 Å². The second-order valence-corrected chi connectivity index (χ2v) is 10.1. The van der Waals surface area contributed by atoms with Crippen LogP contribution in [0.5, 0.6) is 0 Å². The van der Waals surface area contributed by atoms with Crippen molar-refractivity contribution in [2.45, 2.75) is 39.3 Å². The molecular formula is C27H28F2N6O2. The highest BCUT2D eigenvalue weighted by atomic mass is 19.1. The van der Waals surface area contributed by atoms with E-state index in [1.165, 1.54) is 18.5 Å². The van der Waals surface area contributed by atoms with E-state index in [0.717, 1.165) is 22.6 Å². The molecule has 3 aromatic heterocycles. The van der Waals surface area contributed by atoms with Crippen LogP contribution in [0.1, 0.15) is 27.7 Å². The lowest BCUT2D eigenvalue weighted by molar-refractivity contribution is 0.0218. The van der Waals surface area contributed by atoms with Crippen LogP contribution in [0, 0.1) is 11.6 Å². The molecule has 0 bridgehead atoms. The van der Waals surface area contributed by atoms with E-state index in [-0.39, 0.29) is 12.1 Å². The van der Waals surface area contributed by atoms with Crippen molar-refractivity contribution in [2.24, 2.45) is 0 Å². The summed E-state index contributed by atoms with van der Waals surface area (Å²) in [6.07, 6.45) is 6.31. The van der Waals surface area contributed by atoms with Crippen molar-refractivity contribution in [3.63, 3.8) is 0 Å². The molecule has 0 N–H and O–H groups in total. The molecule has 1 amide bonds. The number of ether oxygens (including phenoxy) is 1. The van der Waals surface area contributed by atoms with Gasteiger partial charge in [0.15, 0.2) is 5.65 Å². The third-order valence-corrected chi connectivity index (χ3v) is 6.21. The quantitative estimate of drug-likeness (QED) is 0.380. The van der Waals surface area contributed by atoms with Gasteiger partial charge in [-0.1, -0.05) is 6.07 Å². The molecule has 192 valence electrons. The molecule has 0 aliphatic carbocycles. The first-order valence-corrected chi connectivity index (χ1v) is 12.1. The van der Waals surface area contributed by atoms with Gasteiger partial charge in [0, 0.05) is 61.5 Å². The summed E-state index contributed by atoms with van der Waals surface area (Å²) in [5, 5.41) is 0.734. The zero-order valence-corrected chi connectivity index (χ0v) is 21.2. The number of piperazine rings is 1. The Bertz CT molecular complexity index is 1430. The Kier molecular flexibility index (Phi) is 6.26. The molecule has 4 heterocycles. The van der Waals surface area contributed by atoms with Gasteiger partial charge in [-0.3, -0.25) is 4.98 Å². The Morgan fingerprint density at radius 2 is 1.86 bits per heavy atom. The van der Waals surface area contributed by atoms with Crippen molar-refractivity contribution in [3.05, 3.63) is 66.9 Å². The maximum Gasteiger partial charge on any atom is 0.410 e. The van der Waals surface area contributed by atoms with Crippen molar-refractivity contribution in [1.29, 1.82) is 0 Å². The number of rotatable bonds is 3. The molecule has 8 nitrogen and oxygen atoms in total. The van der Waals surface area contributed by atoms with Crippen LogP contribution in [0.4, 0.5) is 19.4 Å². The number of fused-ring (bicyclic) bond motifs is 1. The van der Waals surface area contributed by atoms with E-state index in [0.29, 0.717) is 36.8 Å². The molecule has 1 aromatic carbocycles. The topological polar surface area (TPSA) is 76.4 Å². The average molecular weight is 507 g/mol. The molecule has 1 saturated heterocycles. The number of hydrogen-bond acceptors (Lipinski definition) is 6. The normalized spacial score (nSPS) is 16.3. The number of hydrogen-bond donors (Lipinski definition) is 0. The number of aromatic nitrogens is 4. The molecule has 0 spiro atoms. The smallest absolute Gasteiger partial charge is 0.410 e. The standard InChI is InChI=1S/C27H28F2N6O2/c1-17-14-33(26(36)37-27(2,3)4)8-9-34(17)24-23-22(18-6-5-7-30-13-18)15-35(25(23)32-16-31-24)21-11-19(28)10-20(29)12-21/h5-7,10-13,15-17H,8-9,14H2,1-4H3/t17-/m0/s1. The highest BCUT2D eigenvalue weighted by molar-refractivity contribution is 6.02. The van der Waals surface area contributed by atoms with E-state index in [1.54, 1.807) is 28.1 Å². The summed E-state index contributed by atoms with van der Waals surface area (Å²) in [6.45, 7) is 9.00. The third-order valence-electron chi connectivity index (χ3n) is 6.21. The van der Waals surface area contributed by atoms with Crippen molar-refractivity contribution in [3.8, 4) is 16.8 Å². The summed E-state index contributed by atoms with van der Waals surface area (Å²) in [4.78, 5) is 29.9. The summed E-state index contributed by atoms with van der Waals surface area (Å²) >= 11 is 0. The lowest BCUT2D eigenvalue weighted by atomic mass is 10.1. The summed E-state index contributed by atoms with van der Waals surface area (Å²) in [7, 11) is 0. The predicted molar refractivity (Wildman–Crippen MR) is 137 cm³/mol. The fourth-order valence-electron chi connectivity index (χ4n) is 4.64. The molecule has 10 heteroatoms. The van der Waals surface area contributed by atoms with E-state index in [4.69, 9.17) is 4.74 Å². The van der Waals surface area contributed by atoms with Crippen LogP contribution >= 0.6 is 0 Å². The molecular weight excluding hydrogens is 478 g/mol. The van der Waals surface area contributed by atoms with Gasteiger partial charge in [0.05, 0.1) is 11.1 Å². The van der Waals surface area contributed by atoms with Gasteiger partial charge in [0.2, 0.25) is 0 Å².